The average Bonchev–Trinajstić information content (AvgIpc) is 2.86. The van der Waals surface area contributed by atoms with Crippen LogP contribution in [0, 0.1) is 5.82 Å². The fourth-order valence-corrected chi connectivity index (χ4v) is 2.44. The molecule has 0 fully saturated rings. The number of para-hydroxylation sites is 1. The van der Waals surface area contributed by atoms with E-state index in [0.717, 1.165) is 22.7 Å². The Bertz CT molecular complexity index is 618. The Morgan fingerprint density at radius 3 is 2.95 bits per heavy atom. The van der Waals surface area contributed by atoms with Crippen LogP contribution in [0.4, 0.5) is 10.1 Å². The van der Waals surface area contributed by atoms with Crippen molar-refractivity contribution >= 4 is 21.6 Å². The zero-order valence-electron chi connectivity index (χ0n) is 9.95. The van der Waals surface area contributed by atoms with E-state index >= 15 is 0 Å². The van der Waals surface area contributed by atoms with Crippen LogP contribution < -0.4 is 14.8 Å². The van der Waals surface area contributed by atoms with Crippen molar-refractivity contribution < 1.29 is 13.9 Å². The summed E-state index contributed by atoms with van der Waals surface area (Å²) in [6, 6.07) is 10.3. The predicted molar refractivity (Wildman–Crippen MR) is 74.0 cm³/mol. The van der Waals surface area contributed by atoms with Gasteiger partial charge in [0.1, 0.15) is 5.82 Å². The number of anilines is 1. The molecule has 3 rings (SSSR count). The minimum atomic E-state index is -0.269. The molecule has 19 heavy (non-hydrogen) atoms. The molecule has 0 saturated carbocycles. The van der Waals surface area contributed by atoms with Gasteiger partial charge in [0.25, 0.3) is 0 Å². The van der Waals surface area contributed by atoms with Crippen LogP contribution in [0.3, 0.4) is 0 Å². The van der Waals surface area contributed by atoms with Crippen LogP contribution in [0.15, 0.2) is 40.9 Å². The Balaban J connectivity index is 1.78. The molecule has 0 aliphatic carbocycles. The highest BCUT2D eigenvalue weighted by atomic mass is 79.9. The average molecular weight is 324 g/mol. The minimum absolute atomic E-state index is 0.257. The molecule has 0 radical (unpaired) electrons. The molecule has 0 unspecified atom stereocenters. The summed E-state index contributed by atoms with van der Waals surface area (Å²) in [5, 5.41) is 3.24. The van der Waals surface area contributed by atoms with E-state index in [2.05, 4.69) is 21.2 Å². The third kappa shape index (κ3) is 2.51. The quantitative estimate of drug-likeness (QED) is 0.928. The largest absolute Gasteiger partial charge is 0.454 e. The first-order valence-corrected chi connectivity index (χ1v) is 6.60. The van der Waals surface area contributed by atoms with Crippen LogP contribution in [-0.2, 0) is 6.54 Å². The monoisotopic (exact) mass is 323 g/mol. The van der Waals surface area contributed by atoms with Gasteiger partial charge in [-0.1, -0.05) is 12.1 Å². The summed E-state index contributed by atoms with van der Waals surface area (Å²) in [5.41, 5.74) is 1.84. The second-order valence-electron chi connectivity index (χ2n) is 4.13. The van der Waals surface area contributed by atoms with Gasteiger partial charge in [-0.2, -0.15) is 0 Å². The Morgan fingerprint density at radius 1 is 1.21 bits per heavy atom. The van der Waals surface area contributed by atoms with Crippen molar-refractivity contribution in [3.8, 4) is 11.5 Å². The van der Waals surface area contributed by atoms with Crippen LogP contribution in [0.5, 0.6) is 11.5 Å². The maximum Gasteiger partial charge on any atom is 0.231 e. The van der Waals surface area contributed by atoms with E-state index in [0.29, 0.717) is 11.0 Å². The fourth-order valence-electron chi connectivity index (χ4n) is 1.95. The van der Waals surface area contributed by atoms with Gasteiger partial charge in [0.15, 0.2) is 11.5 Å². The Labute approximate surface area is 118 Å². The van der Waals surface area contributed by atoms with Crippen molar-refractivity contribution in [3.63, 3.8) is 0 Å². The summed E-state index contributed by atoms with van der Waals surface area (Å²) in [6.07, 6.45) is 0. The van der Waals surface area contributed by atoms with Gasteiger partial charge in [-0.05, 0) is 40.2 Å². The lowest BCUT2D eigenvalue weighted by atomic mass is 10.2. The van der Waals surface area contributed by atoms with Gasteiger partial charge in [0.05, 0.1) is 0 Å². The molecule has 0 spiro atoms. The van der Waals surface area contributed by atoms with Gasteiger partial charge in [-0.15, -0.1) is 0 Å². The first-order valence-electron chi connectivity index (χ1n) is 5.80. The molecular formula is C14H11BrFNO2. The second kappa shape index (κ2) is 5.09. The molecule has 0 atom stereocenters. The van der Waals surface area contributed by atoms with E-state index in [-0.39, 0.29) is 12.6 Å². The van der Waals surface area contributed by atoms with Crippen molar-refractivity contribution in [1.29, 1.82) is 0 Å². The molecule has 1 aliphatic rings. The van der Waals surface area contributed by atoms with E-state index in [1.807, 2.05) is 18.2 Å². The van der Waals surface area contributed by atoms with E-state index < -0.39 is 0 Å². The molecule has 2 aromatic rings. The molecule has 0 amide bonds. The lowest BCUT2D eigenvalue weighted by Crippen LogP contribution is -2.02. The zero-order valence-corrected chi connectivity index (χ0v) is 11.5. The molecule has 2 aromatic carbocycles. The van der Waals surface area contributed by atoms with E-state index in [1.165, 1.54) is 12.1 Å². The van der Waals surface area contributed by atoms with E-state index in [4.69, 9.17) is 9.47 Å². The highest BCUT2D eigenvalue weighted by Gasteiger charge is 2.16. The summed E-state index contributed by atoms with van der Waals surface area (Å²) in [4.78, 5) is 0. The van der Waals surface area contributed by atoms with Gasteiger partial charge in [0, 0.05) is 22.3 Å². The number of hydrogen-bond donors (Lipinski definition) is 1. The standard InChI is InChI=1S/C14H11BrFNO2/c15-11-6-10(16)4-5-12(11)17-7-9-2-1-3-13-14(9)19-8-18-13/h1-6,17H,7-8H2. The molecule has 3 nitrogen and oxygen atoms in total. The van der Waals surface area contributed by atoms with Crippen molar-refractivity contribution in [3.05, 3.63) is 52.3 Å². The van der Waals surface area contributed by atoms with Gasteiger partial charge in [0.2, 0.25) is 6.79 Å². The van der Waals surface area contributed by atoms with Gasteiger partial charge in [-0.25, -0.2) is 4.39 Å². The van der Waals surface area contributed by atoms with Crippen LogP contribution in [0.1, 0.15) is 5.56 Å². The topological polar surface area (TPSA) is 30.5 Å². The molecule has 0 bridgehead atoms. The summed E-state index contributed by atoms with van der Waals surface area (Å²) in [6.45, 7) is 0.837. The van der Waals surface area contributed by atoms with Crippen molar-refractivity contribution in [1.82, 2.24) is 0 Å². The summed E-state index contributed by atoms with van der Waals surface area (Å²) in [7, 11) is 0. The molecule has 0 saturated heterocycles. The molecule has 1 heterocycles. The first-order chi connectivity index (χ1) is 9.24. The summed E-state index contributed by atoms with van der Waals surface area (Å²) in [5.74, 6) is 1.26. The fraction of sp³-hybridized carbons (Fsp3) is 0.143. The number of halogens is 2. The number of hydrogen-bond acceptors (Lipinski definition) is 3. The Hall–Kier alpha value is -1.75. The van der Waals surface area contributed by atoms with Crippen molar-refractivity contribution in [2.75, 3.05) is 12.1 Å². The highest BCUT2D eigenvalue weighted by molar-refractivity contribution is 9.10. The van der Waals surface area contributed by atoms with Crippen LogP contribution in [0.25, 0.3) is 0 Å². The molecule has 0 aromatic heterocycles. The lowest BCUT2D eigenvalue weighted by molar-refractivity contribution is 0.173. The molecule has 1 aliphatic heterocycles. The van der Waals surface area contributed by atoms with Gasteiger partial charge in [-0.3, -0.25) is 0 Å². The molecule has 1 N–H and O–H groups in total. The molecule has 5 heteroatoms. The maximum absolute atomic E-state index is 13.0. The van der Waals surface area contributed by atoms with Crippen molar-refractivity contribution in [2.24, 2.45) is 0 Å². The predicted octanol–water partition coefficient (Wildman–Crippen LogP) is 3.93. The summed E-state index contributed by atoms with van der Waals surface area (Å²) >= 11 is 3.32. The lowest BCUT2D eigenvalue weighted by Gasteiger charge is -2.10. The number of ether oxygens (including phenoxy) is 2. The first kappa shape index (κ1) is 12.3. The van der Waals surface area contributed by atoms with E-state index in [9.17, 15) is 4.39 Å². The zero-order chi connectivity index (χ0) is 13.2. The van der Waals surface area contributed by atoms with Crippen LogP contribution >= 0.6 is 15.9 Å². The van der Waals surface area contributed by atoms with E-state index in [1.54, 1.807) is 6.07 Å². The molecular weight excluding hydrogens is 313 g/mol. The number of fused-ring (bicyclic) bond motifs is 1. The smallest absolute Gasteiger partial charge is 0.231 e. The molecule has 98 valence electrons. The van der Waals surface area contributed by atoms with Crippen molar-refractivity contribution in [2.45, 2.75) is 6.54 Å². The Kier molecular flexibility index (Phi) is 3.29. The van der Waals surface area contributed by atoms with Crippen LogP contribution in [-0.4, -0.2) is 6.79 Å². The number of nitrogens with one attached hydrogen (secondary N) is 1. The number of benzene rings is 2. The third-order valence-corrected chi connectivity index (χ3v) is 3.53. The maximum atomic E-state index is 13.0. The van der Waals surface area contributed by atoms with Crippen LogP contribution in [0.2, 0.25) is 0 Å². The van der Waals surface area contributed by atoms with Gasteiger partial charge < -0.3 is 14.8 Å². The Morgan fingerprint density at radius 2 is 2.11 bits per heavy atom. The SMILES string of the molecule is Fc1ccc(NCc2cccc3c2OCO3)c(Br)c1. The van der Waals surface area contributed by atoms with Gasteiger partial charge >= 0.3 is 0 Å². The second-order valence-corrected chi connectivity index (χ2v) is 4.98. The summed E-state index contributed by atoms with van der Waals surface area (Å²) < 4.78 is 24.4. The minimum Gasteiger partial charge on any atom is -0.454 e. The number of rotatable bonds is 3. The third-order valence-electron chi connectivity index (χ3n) is 2.88. The normalized spacial score (nSPS) is 12.5. The highest BCUT2D eigenvalue weighted by Crippen LogP contribution is 2.36.